The van der Waals surface area contributed by atoms with Gasteiger partial charge in [0.2, 0.25) is 5.91 Å². The van der Waals surface area contributed by atoms with Crippen molar-refractivity contribution in [2.24, 2.45) is 0 Å². The number of aliphatic hydroxyl groups excluding tert-OH is 1. The van der Waals surface area contributed by atoms with E-state index >= 15 is 0 Å². The van der Waals surface area contributed by atoms with Crippen LogP contribution in [0.25, 0.3) is 0 Å². The summed E-state index contributed by atoms with van der Waals surface area (Å²) in [5.74, 6) is 1.00. The zero-order valence-electron chi connectivity index (χ0n) is 11.4. The molecular weight excluding hydrogens is 306 g/mol. The van der Waals surface area contributed by atoms with E-state index < -0.39 is 0 Å². The van der Waals surface area contributed by atoms with E-state index in [0.717, 1.165) is 16.9 Å². The summed E-state index contributed by atoms with van der Waals surface area (Å²) >= 11 is 7.51. The molecule has 0 aliphatic rings. The lowest BCUT2D eigenvalue weighted by atomic mass is 10.1. The number of halogens is 1. The number of carbonyl (C=O) groups is 1. The van der Waals surface area contributed by atoms with Crippen molar-refractivity contribution >= 4 is 35.0 Å². The fourth-order valence-electron chi connectivity index (χ4n) is 1.83. The molecule has 0 aliphatic carbocycles. The van der Waals surface area contributed by atoms with Gasteiger partial charge in [-0.2, -0.15) is 0 Å². The number of nitrogens with one attached hydrogen (secondary N) is 1. The first-order valence-electron chi connectivity index (χ1n) is 6.50. The van der Waals surface area contributed by atoms with Crippen molar-refractivity contribution in [3.05, 3.63) is 64.7 Å². The van der Waals surface area contributed by atoms with Crippen LogP contribution < -0.4 is 5.32 Å². The molecule has 0 spiro atoms. The first kappa shape index (κ1) is 15.9. The van der Waals surface area contributed by atoms with Crippen LogP contribution in [0, 0.1) is 0 Å². The van der Waals surface area contributed by atoms with Crippen molar-refractivity contribution in [2.45, 2.75) is 12.4 Å². The predicted octanol–water partition coefficient (Wildman–Crippen LogP) is 3.70. The van der Waals surface area contributed by atoms with Crippen LogP contribution in [0.4, 0.5) is 5.69 Å². The van der Waals surface area contributed by atoms with Gasteiger partial charge in [-0.15, -0.1) is 11.8 Å². The molecule has 0 aromatic heterocycles. The van der Waals surface area contributed by atoms with Gasteiger partial charge in [0.25, 0.3) is 0 Å². The van der Waals surface area contributed by atoms with Gasteiger partial charge in [0.05, 0.1) is 23.1 Å². The average molecular weight is 322 g/mol. The van der Waals surface area contributed by atoms with Crippen LogP contribution in [0.3, 0.4) is 0 Å². The van der Waals surface area contributed by atoms with E-state index in [9.17, 15) is 4.79 Å². The van der Waals surface area contributed by atoms with E-state index in [1.807, 2.05) is 36.4 Å². The summed E-state index contributed by atoms with van der Waals surface area (Å²) < 4.78 is 0. The Balaban J connectivity index is 1.80. The summed E-state index contributed by atoms with van der Waals surface area (Å²) in [5, 5.41) is 12.4. The second kappa shape index (κ2) is 8.08. The fourth-order valence-corrected chi connectivity index (χ4v) is 2.79. The molecule has 0 atom stereocenters. The molecule has 0 aliphatic heterocycles. The van der Waals surface area contributed by atoms with Crippen LogP contribution in [-0.4, -0.2) is 16.8 Å². The summed E-state index contributed by atoms with van der Waals surface area (Å²) in [6.07, 6.45) is 0. The Hall–Kier alpha value is -1.49. The van der Waals surface area contributed by atoms with Gasteiger partial charge in [-0.25, -0.2) is 0 Å². The predicted molar refractivity (Wildman–Crippen MR) is 88.6 cm³/mol. The van der Waals surface area contributed by atoms with Crippen molar-refractivity contribution in [3.8, 4) is 0 Å². The summed E-state index contributed by atoms with van der Waals surface area (Å²) in [7, 11) is 0. The number of hydrogen-bond donors (Lipinski definition) is 2. The summed E-state index contributed by atoms with van der Waals surface area (Å²) in [6, 6.07) is 14.9. The molecule has 2 aromatic rings. The average Bonchev–Trinajstić information content (AvgIpc) is 2.50. The molecule has 0 fully saturated rings. The number of carbonyl (C=O) groups excluding carboxylic acids is 1. The Morgan fingerprint density at radius 2 is 1.90 bits per heavy atom. The van der Waals surface area contributed by atoms with E-state index in [1.54, 1.807) is 12.1 Å². The fraction of sp³-hybridized carbons (Fsp3) is 0.188. The number of anilines is 1. The molecule has 3 nitrogen and oxygen atoms in total. The zero-order valence-corrected chi connectivity index (χ0v) is 13.0. The van der Waals surface area contributed by atoms with Crippen LogP contribution in [0.2, 0.25) is 5.02 Å². The van der Waals surface area contributed by atoms with Crippen LogP contribution in [-0.2, 0) is 17.2 Å². The SMILES string of the molecule is O=C(CSCc1cccc(CO)c1)Nc1ccccc1Cl. The Bertz CT molecular complexity index is 619. The first-order valence-corrected chi connectivity index (χ1v) is 8.03. The van der Waals surface area contributed by atoms with E-state index in [4.69, 9.17) is 16.7 Å². The lowest BCUT2D eigenvalue weighted by molar-refractivity contribution is -0.113. The van der Waals surface area contributed by atoms with Gasteiger partial charge < -0.3 is 10.4 Å². The maximum absolute atomic E-state index is 11.8. The normalized spacial score (nSPS) is 10.4. The molecule has 0 bridgehead atoms. The minimum atomic E-state index is -0.0774. The molecule has 0 heterocycles. The third-order valence-electron chi connectivity index (χ3n) is 2.82. The molecule has 2 N–H and O–H groups in total. The van der Waals surface area contributed by atoms with Gasteiger partial charge in [0.15, 0.2) is 0 Å². The number of amides is 1. The van der Waals surface area contributed by atoms with Gasteiger partial charge in [-0.1, -0.05) is 48.0 Å². The van der Waals surface area contributed by atoms with Crippen molar-refractivity contribution < 1.29 is 9.90 Å². The highest BCUT2D eigenvalue weighted by atomic mass is 35.5. The van der Waals surface area contributed by atoms with E-state index in [-0.39, 0.29) is 12.5 Å². The topological polar surface area (TPSA) is 49.3 Å². The summed E-state index contributed by atoms with van der Waals surface area (Å²) in [4.78, 5) is 11.8. The third kappa shape index (κ3) is 5.08. The summed E-state index contributed by atoms with van der Waals surface area (Å²) in [5.41, 5.74) is 2.61. The van der Waals surface area contributed by atoms with Crippen LogP contribution in [0.5, 0.6) is 0 Å². The Morgan fingerprint density at radius 1 is 1.14 bits per heavy atom. The first-order chi connectivity index (χ1) is 10.2. The van der Waals surface area contributed by atoms with E-state index in [0.29, 0.717) is 16.5 Å². The van der Waals surface area contributed by atoms with Crippen molar-refractivity contribution in [1.82, 2.24) is 0 Å². The van der Waals surface area contributed by atoms with Gasteiger partial charge in [0.1, 0.15) is 0 Å². The van der Waals surface area contributed by atoms with Gasteiger partial charge in [-0.05, 0) is 23.3 Å². The van der Waals surface area contributed by atoms with Crippen LogP contribution in [0.15, 0.2) is 48.5 Å². The number of rotatable bonds is 6. The monoisotopic (exact) mass is 321 g/mol. The lowest BCUT2D eigenvalue weighted by Gasteiger charge is -2.07. The summed E-state index contributed by atoms with van der Waals surface area (Å²) in [6.45, 7) is 0.0332. The molecule has 2 rings (SSSR count). The van der Waals surface area contributed by atoms with Crippen molar-refractivity contribution in [1.29, 1.82) is 0 Å². The zero-order chi connectivity index (χ0) is 15.1. The third-order valence-corrected chi connectivity index (χ3v) is 4.16. The molecule has 2 aromatic carbocycles. The molecule has 21 heavy (non-hydrogen) atoms. The largest absolute Gasteiger partial charge is 0.392 e. The number of thioether (sulfide) groups is 1. The van der Waals surface area contributed by atoms with Gasteiger partial charge in [0, 0.05) is 5.75 Å². The maximum atomic E-state index is 11.8. The van der Waals surface area contributed by atoms with Gasteiger partial charge >= 0.3 is 0 Å². The highest BCUT2D eigenvalue weighted by molar-refractivity contribution is 7.99. The Kier molecular flexibility index (Phi) is 6.11. The highest BCUT2D eigenvalue weighted by Gasteiger charge is 2.05. The van der Waals surface area contributed by atoms with Crippen LogP contribution >= 0.6 is 23.4 Å². The standard InChI is InChI=1S/C16H16ClNO2S/c17-14-6-1-2-7-15(14)18-16(20)11-21-10-13-5-3-4-12(8-13)9-19/h1-8,19H,9-11H2,(H,18,20). The number of aliphatic hydroxyl groups is 1. The molecule has 110 valence electrons. The second-order valence-electron chi connectivity index (χ2n) is 4.50. The molecule has 0 saturated heterocycles. The van der Waals surface area contributed by atoms with E-state index in [1.165, 1.54) is 11.8 Å². The molecule has 0 saturated carbocycles. The number of para-hydroxylation sites is 1. The van der Waals surface area contributed by atoms with Crippen molar-refractivity contribution in [2.75, 3.05) is 11.1 Å². The van der Waals surface area contributed by atoms with Crippen molar-refractivity contribution in [3.63, 3.8) is 0 Å². The molecule has 0 unspecified atom stereocenters. The van der Waals surface area contributed by atoms with Crippen LogP contribution in [0.1, 0.15) is 11.1 Å². The number of benzene rings is 2. The second-order valence-corrected chi connectivity index (χ2v) is 5.89. The molecule has 5 heteroatoms. The maximum Gasteiger partial charge on any atom is 0.234 e. The smallest absolute Gasteiger partial charge is 0.234 e. The quantitative estimate of drug-likeness (QED) is 0.853. The van der Waals surface area contributed by atoms with E-state index in [2.05, 4.69) is 5.32 Å². The molecule has 0 radical (unpaired) electrons. The molecular formula is C16H16ClNO2S. The number of hydrogen-bond acceptors (Lipinski definition) is 3. The minimum Gasteiger partial charge on any atom is -0.392 e. The highest BCUT2D eigenvalue weighted by Crippen LogP contribution is 2.21. The minimum absolute atomic E-state index is 0.0332. The molecule has 1 amide bonds. The van der Waals surface area contributed by atoms with Gasteiger partial charge in [-0.3, -0.25) is 4.79 Å². The Morgan fingerprint density at radius 3 is 2.67 bits per heavy atom. The Labute approximate surface area is 133 Å². The lowest BCUT2D eigenvalue weighted by Crippen LogP contribution is -2.14.